The maximum absolute atomic E-state index is 12.5. The number of carbonyl (C=O) groups is 1. The molecule has 1 aromatic heterocycles. The highest BCUT2D eigenvalue weighted by Gasteiger charge is 2.41. The molecule has 0 aliphatic heterocycles. The van der Waals surface area contributed by atoms with Crippen LogP contribution in [0.5, 0.6) is 0 Å². The number of rotatable bonds is 4. The predicted octanol–water partition coefficient (Wildman–Crippen LogP) is 1.37. The summed E-state index contributed by atoms with van der Waals surface area (Å²) in [5.74, 6) is -1.38. The summed E-state index contributed by atoms with van der Waals surface area (Å²) >= 11 is 0. The Bertz CT molecular complexity index is 642. The van der Waals surface area contributed by atoms with Crippen LogP contribution in [0, 0.1) is 0 Å². The zero-order valence-corrected chi connectivity index (χ0v) is 12.3. The molecule has 0 unspecified atom stereocenters. The molecule has 0 radical (unpaired) electrons. The third-order valence-corrected chi connectivity index (χ3v) is 4.83. The Morgan fingerprint density at radius 3 is 2.29 bits per heavy atom. The summed E-state index contributed by atoms with van der Waals surface area (Å²) in [6, 6.07) is 2.94. The minimum Gasteiger partial charge on any atom is -0.309 e. The molecular weight excluding hydrogens is 311 g/mol. The molecular formula is C11H14F3N3O3S. The molecule has 0 spiro atoms. The monoisotopic (exact) mass is 325 g/mol. The van der Waals surface area contributed by atoms with Crippen molar-refractivity contribution in [1.82, 2.24) is 9.71 Å². The van der Waals surface area contributed by atoms with E-state index in [0.717, 1.165) is 39.1 Å². The smallest absolute Gasteiger partial charge is 0.309 e. The van der Waals surface area contributed by atoms with Gasteiger partial charge in [0.2, 0.25) is 15.9 Å². The van der Waals surface area contributed by atoms with E-state index in [-0.39, 0.29) is 5.82 Å². The second-order valence-electron chi connectivity index (χ2n) is 4.58. The van der Waals surface area contributed by atoms with Crippen LogP contribution in [0.15, 0.2) is 18.2 Å². The number of nitrogens with zero attached hydrogens (tertiary/aromatic N) is 1. The second-order valence-corrected chi connectivity index (χ2v) is 7.01. The van der Waals surface area contributed by atoms with Crippen LogP contribution in [0.25, 0.3) is 0 Å². The first-order valence-corrected chi connectivity index (χ1v) is 7.19. The van der Waals surface area contributed by atoms with E-state index in [2.05, 4.69) is 10.3 Å². The lowest BCUT2D eigenvalue weighted by Crippen LogP contribution is -2.49. The van der Waals surface area contributed by atoms with Gasteiger partial charge in [-0.25, -0.2) is 18.1 Å². The molecule has 1 heterocycles. The van der Waals surface area contributed by atoms with E-state index in [1.807, 2.05) is 4.72 Å². The van der Waals surface area contributed by atoms with Gasteiger partial charge in [-0.3, -0.25) is 4.79 Å². The number of sulfonamides is 1. The third kappa shape index (κ3) is 3.70. The van der Waals surface area contributed by atoms with Crippen LogP contribution >= 0.6 is 0 Å². The molecule has 0 atom stereocenters. The number of hydrogen-bond acceptors (Lipinski definition) is 4. The Kier molecular flexibility index (Phi) is 4.63. The molecule has 1 aromatic rings. The third-order valence-electron chi connectivity index (χ3n) is 2.77. The fourth-order valence-electron chi connectivity index (χ4n) is 1.31. The van der Waals surface area contributed by atoms with Crippen LogP contribution in [0.1, 0.15) is 19.5 Å². The zero-order chi connectivity index (χ0) is 16.5. The largest absolute Gasteiger partial charge is 0.433 e. The summed E-state index contributed by atoms with van der Waals surface area (Å²) in [5, 5.41) is 2.07. The molecule has 6 nitrogen and oxygen atoms in total. The second kappa shape index (κ2) is 5.60. The van der Waals surface area contributed by atoms with Crippen LogP contribution < -0.4 is 10.0 Å². The molecule has 0 aromatic carbocycles. The van der Waals surface area contributed by atoms with Gasteiger partial charge in [0.25, 0.3) is 0 Å². The number of alkyl halides is 3. The van der Waals surface area contributed by atoms with Gasteiger partial charge in [0.1, 0.15) is 11.5 Å². The van der Waals surface area contributed by atoms with E-state index >= 15 is 0 Å². The van der Waals surface area contributed by atoms with Gasteiger partial charge in [0.05, 0.1) is 0 Å². The number of aromatic nitrogens is 1. The van der Waals surface area contributed by atoms with Crippen LogP contribution in [0.4, 0.5) is 19.0 Å². The van der Waals surface area contributed by atoms with Gasteiger partial charge >= 0.3 is 6.18 Å². The van der Waals surface area contributed by atoms with Gasteiger partial charge in [-0.15, -0.1) is 0 Å². The average Bonchev–Trinajstić information content (AvgIpc) is 2.37. The lowest BCUT2D eigenvalue weighted by molar-refractivity contribution is -0.141. The summed E-state index contributed by atoms with van der Waals surface area (Å²) in [7, 11) is -2.84. The highest BCUT2D eigenvalue weighted by atomic mass is 32.2. The highest BCUT2D eigenvalue weighted by molar-refractivity contribution is 7.91. The van der Waals surface area contributed by atoms with E-state index in [1.165, 1.54) is 0 Å². The first kappa shape index (κ1) is 17.4. The Balaban J connectivity index is 3.05. The summed E-state index contributed by atoms with van der Waals surface area (Å²) < 4.78 is 61.0. The summed E-state index contributed by atoms with van der Waals surface area (Å²) in [4.78, 5) is 15.2. The quantitative estimate of drug-likeness (QED) is 0.875. The molecule has 0 bridgehead atoms. The fourth-order valence-corrected chi connectivity index (χ4v) is 2.11. The number of halogens is 3. The Morgan fingerprint density at radius 2 is 1.81 bits per heavy atom. The highest BCUT2D eigenvalue weighted by Crippen LogP contribution is 2.28. The van der Waals surface area contributed by atoms with Crippen molar-refractivity contribution in [2.75, 3.05) is 12.4 Å². The first-order valence-electron chi connectivity index (χ1n) is 5.70. The van der Waals surface area contributed by atoms with E-state index in [9.17, 15) is 26.4 Å². The van der Waals surface area contributed by atoms with Crippen molar-refractivity contribution in [3.63, 3.8) is 0 Å². The summed E-state index contributed by atoms with van der Waals surface area (Å²) in [6.07, 6.45) is -4.66. The molecule has 0 saturated carbocycles. The van der Waals surface area contributed by atoms with Crippen molar-refractivity contribution in [3.05, 3.63) is 23.9 Å². The maximum Gasteiger partial charge on any atom is 0.433 e. The standard InChI is InChI=1S/C11H14F3N3O3S/c1-10(2,21(19,20)15-3)9(18)17-8-6-4-5-7(16-8)11(12,13)14/h4-6,15H,1-3H3,(H,16,17,18). The van der Waals surface area contributed by atoms with E-state index in [4.69, 9.17) is 0 Å². The molecule has 10 heteroatoms. The Morgan fingerprint density at radius 1 is 1.24 bits per heavy atom. The van der Waals surface area contributed by atoms with Crippen molar-refractivity contribution in [3.8, 4) is 0 Å². The van der Waals surface area contributed by atoms with Gasteiger partial charge < -0.3 is 5.32 Å². The van der Waals surface area contributed by atoms with Gasteiger partial charge in [-0.05, 0) is 33.0 Å². The number of anilines is 1. The molecule has 0 fully saturated rings. The number of nitrogens with one attached hydrogen (secondary N) is 2. The van der Waals surface area contributed by atoms with Crippen molar-refractivity contribution in [1.29, 1.82) is 0 Å². The lowest BCUT2D eigenvalue weighted by atomic mass is 10.2. The molecule has 0 aliphatic rings. The fraction of sp³-hybridized carbons (Fsp3) is 0.455. The van der Waals surface area contributed by atoms with E-state index in [1.54, 1.807) is 0 Å². The lowest BCUT2D eigenvalue weighted by Gasteiger charge is -2.22. The van der Waals surface area contributed by atoms with E-state index in [0.29, 0.717) is 0 Å². The number of amides is 1. The summed E-state index contributed by atoms with van der Waals surface area (Å²) in [5.41, 5.74) is -1.19. The minimum atomic E-state index is -4.66. The minimum absolute atomic E-state index is 0.380. The summed E-state index contributed by atoms with van der Waals surface area (Å²) in [6.45, 7) is 2.25. The SMILES string of the molecule is CNS(=O)(=O)C(C)(C)C(=O)Nc1cccc(C(F)(F)F)n1. The molecule has 0 aliphatic carbocycles. The molecule has 118 valence electrons. The van der Waals surface area contributed by atoms with Crippen molar-refractivity contribution in [2.24, 2.45) is 0 Å². The molecule has 0 saturated heterocycles. The van der Waals surface area contributed by atoms with Crippen LogP contribution in [-0.4, -0.2) is 31.1 Å². The number of pyridine rings is 1. The van der Waals surface area contributed by atoms with Crippen LogP contribution in [0.2, 0.25) is 0 Å². The van der Waals surface area contributed by atoms with Gasteiger partial charge in [0, 0.05) is 0 Å². The van der Waals surface area contributed by atoms with Crippen molar-refractivity contribution >= 4 is 21.7 Å². The van der Waals surface area contributed by atoms with Gasteiger partial charge in [0.15, 0.2) is 4.75 Å². The van der Waals surface area contributed by atoms with Crippen LogP contribution in [0.3, 0.4) is 0 Å². The Hall–Kier alpha value is -1.68. The normalized spacial score (nSPS) is 13.0. The molecule has 1 amide bonds. The van der Waals surface area contributed by atoms with Gasteiger partial charge in [-0.2, -0.15) is 13.2 Å². The van der Waals surface area contributed by atoms with Crippen molar-refractivity contribution in [2.45, 2.75) is 24.8 Å². The van der Waals surface area contributed by atoms with E-state index < -0.39 is 32.5 Å². The first-order chi connectivity index (χ1) is 9.41. The topological polar surface area (TPSA) is 88.2 Å². The molecule has 21 heavy (non-hydrogen) atoms. The average molecular weight is 325 g/mol. The van der Waals surface area contributed by atoms with Crippen molar-refractivity contribution < 1.29 is 26.4 Å². The number of hydrogen-bond donors (Lipinski definition) is 2. The zero-order valence-electron chi connectivity index (χ0n) is 11.4. The number of carbonyl (C=O) groups excluding carboxylic acids is 1. The van der Waals surface area contributed by atoms with Crippen LogP contribution in [-0.2, 0) is 21.0 Å². The predicted molar refractivity (Wildman–Crippen MR) is 69.9 cm³/mol. The van der Waals surface area contributed by atoms with Gasteiger partial charge in [-0.1, -0.05) is 6.07 Å². The maximum atomic E-state index is 12.5. The molecule has 2 N–H and O–H groups in total. The molecule has 1 rings (SSSR count). The Labute approximate surface area is 119 Å².